The molecule has 4 heterocycles. The SMILES string of the molecule is O[C@@H]1[C@@H](O[C@@H]2[C@@H](O[C@@H]3[C@@H](O[C@H]4[C@@H](OCc5ccccc5)[C@H](OCc5ccccc5)[C@@H](COCc5ccccc5)O[C@H]4O)O[C@H](COCc4ccccc4)[C@@H](OCc4ccccc4)[C@@H]3OCc3ccccc3)O[C@H](COCc3ccccc3)[C@@H](OCc3ccccc3)[C@@H]2OCc2ccccc2)O[C@H](COCc2ccccc2)[C@@H](OCc2ccccc2)[C@@H]1OCc1ccccc1. The monoisotopic (exact) mass is 1750 g/mol. The average molecular weight is 1750 g/mol. The molecule has 0 aliphatic carbocycles. The smallest absolute Gasteiger partial charge is 0.187 e. The van der Waals surface area contributed by atoms with Gasteiger partial charge in [-0.1, -0.05) is 364 Å². The Morgan fingerprint density at radius 3 is 0.581 bits per heavy atom. The molecule has 0 radical (unpaired) electrons. The lowest BCUT2D eigenvalue weighted by molar-refractivity contribution is -0.415. The average Bonchev–Trinajstić information content (AvgIpc) is 0.758. The molecule has 0 bridgehead atoms. The maximum Gasteiger partial charge on any atom is 0.187 e. The van der Waals surface area contributed by atoms with Crippen LogP contribution in [0.2, 0.25) is 0 Å². The van der Waals surface area contributed by atoms with Crippen molar-refractivity contribution in [2.45, 2.75) is 202 Å². The van der Waals surface area contributed by atoms with Gasteiger partial charge in [0.25, 0.3) is 0 Å². The summed E-state index contributed by atoms with van der Waals surface area (Å²) in [5.41, 5.74) is 10.4. The Kier molecular flexibility index (Phi) is 35.1. The molecule has 2 N–H and O–H groups in total. The molecule has 21 nitrogen and oxygen atoms in total. The molecule has 12 aromatic carbocycles. The van der Waals surface area contributed by atoms with Gasteiger partial charge in [0.2, 0.25) is 0 Å². The molecule has 0 unspecified atom stereocenters. The molecular formula is C108H114O21. The number of aliphatic hydroxyl groups excluding tert-OH is 2. The molecule has 4 aliphatic heterocycles. The van der Waals surface area contributed by atoms with E-state index in [1.165, 1.54) is 0 Å². The van der Waals surface area contributed by atoms with Crippen LogP contribution in [0.1, 0.15) is 66.8 Å². The second kappa shape index (κ2) is 49.2. The Balaban J connectivity index is 0.857. The van der Waals surface area contributed by atoms with Gasteiger partial charge >= 0.3 is 0 Å². The van der Waals surface area contributed by atoms with Crippen molar-refractivity contribution in [3.63, 3.8) is 0 Å². The van der Waals surface area contributed by atoms with E-state index in [2.05, 4.69) is 0 Å². The third-order valence-corrected chi connectivity index (χ3v) is 23.1. The largest absolute Gasteiger partial charge is 0.385 e. The van der Waals surface area contributed by atoms with Crippen LogP contribution in [0.5, 0.6) is 0 Å². The van der Waals surface area contributed by atoms with E-state index in [0.717, 1.165) is 66.8 Å². The van der Waals surface area contributed by atoms with Crippen LogP contribution in [0.4, 0.5) is 0 Å². The Labute approximate surface area is 755 Å². The molecule has 16 rings (SSSR count). The van der Waals surface area contributed by atoms with Gasteiger partial charge in [-0.15, -0.1) is 0 Å². The summed E-state index contributed by atoms with van der Waals surface area (Å²) in [7, 11) is 0. The third-order valence-electron chi connectivity index (χ3n) is 23.1. The molecular weight excluding hydrogens is 1630 g/mol. The topological polar surface area (TPSA) is 216 Å². The fourth-order valence-corrected chi connectivity index (χ4v) is 16.5. The number of ether oxygens (including phenoxy) is 19. The zero-order valence-corrected chi connectivity index (χ0v) is 72.2. The molecule has 129 heavy (non-hydrogen) atoms. The van der Waals surface area contributed by atoms with Crippen LogP contribution in [0, 0.1) is 0 Å². The number of hydrogen-bond donors (Lipinski definition) is 2. The van der Waals surface area contributed by atoms with Crippen molar-refractivity contribution < 1.29 is 100 Å². The minimum Gasteiger partial charge on any atom is -0.385 e. The predicted molar refractivity (Wildman–Crippen MR) is 482 cm³/mol. The van der Waals surface area contributed by atoms with Crippen LogP contribution >= 0.6 is 0 Å². The molecule has 12 aromatic rings. The Hall–Kier alpha value is -10.2. The van der Waals surface area contributed by atoms with Crippen LogP contribution in [0.3, 0.4) is 0 Å². The summed E-state index contributed by atoms with van der Waals surface area (Å²) in [5, 5.41) is 27.2. The summed E-state index contributed by atoms with van der Waals surface area (Å²) in [6.07, 6.45) is -25.9. The highest BCUT2D eigenvalue weighted by atomic mass is 16.8. The van der Waals surface area contributed by atoms with E-state index in [1.54, 1.807) is 0 Å². The van der Waals surface area contributed by atoms with Crippen molar-refractivity contribution in [3.05, 3.63) is 431 Å². The Bertz CT molecular complexity index is 5070. The number of rotatable bonds is 46. The first kappa shape index (κ1) is 92.1. The Morgan fingerprint density at radius 1 is 0.171 bits per heavy atom. The summed E-state index contributed by atoms with van der Waals surface area (Å²) in [5.74, 6) is 0. The highest BCUT2D eigenvalue weighted by molar-refractivity contribution is 5.23. The fraction of sp³-hybridized carbons (Fsp3) is 0.333. The normalized spacial score (nSPS) is 25.8. The number of benzene rings is 12. The zero-order chi connectivity index (χ0) is 87.7. The zero-order valence-electron chi connectivity index (χ0n) is 72.2. The van der Waals surface area contributed by atoms with E-state index in [1.807, 2.05) is 364 Å². The highest BCUT2D eigenvalue weighted by Gasteiger charge is 2.59. The van der Waals surface area contributed by atoms with E-state index in [-0.39, 0.29) is 106 Å². The van der Waals surface area contributed by atoms with E-state index in [9.17, 15) is 10.2 Å². The van der Waals surface area contributed by atoms with Gasteiger partial charge in [-0.25, -0.2) is 0 Å². The molecule has 20 atom stereocenters. The van der Waals surface area contributed by atoms with Crippen molar-refractivity contribution in [1.82, 2.24) is 0 Å². The molecule has 0 spiro atoms. The predicted octanol–water partition coefficient (Wildman–Crippen LogP) is 16.9. The van der Waals surface area contributed by atoms with Crippen LogP contribution in [-0.4, -0.2) is 159 Å². The first-order valence-corrected chi connectivity index (χ1v) is 44.5. The van der Waals surface area contributed by atoms with Gasteiger partial charge in [0.15, 0.2) is 25.2 Å². The van der Waals surface area contributed by atoms with Crippen LogP contribution in [-0.2, 0) is 169 Å². The number of aliphatic hydroxyl groups is 2. The lowest BCUT2D eigenvalue weighted by atomic mass is 9.94. The summed E-state index contributed by atoms with van der Waals surface area (Å²) < 4.78 is 139. The molecule has 0 aromatic heterocycles. The minimum atomic E-state index is -1.78. The van der Waals surface area contributed by atoms with Crippen molar-refractivity contribution in [2.75, 3.05) is 26.4 Å². The molecule has 4 aliphatic rings. The van der Waals surface area contributed by atoms with E-state index in [0.29, 0.717) is 0 Å². The fourth-order valence-electron chi connectivity index (χ4n) is 16.5. The molecule has 4 fully saturated rings. The van der Waals surface area contributed by atoms with Crippen LogP contribution < -0.4 is 0 Å². The summed E-state index contributed by atoms with van der Waals surface area (Å²) in [4.78, 5) is 0. The van der Waals surface area contributed by atoms with Gasteiger partial charge in [0, 0.05) is 0 Å². The van der Waals surface area contributed by atoms with Gasteiger partial charge in [0.05, 0.1) is 106 Å². The van der Waals surface area contributed by atoms with Gasteiger partial charge in [-0.2, -0.15) is 0 Å². The van der Waals surface area contributed by atoms with Crippen molar-refractivity contribution in [2.24, 2.45) is 0 Å². The molecule has 0 amide bonds. The van der Waals surface area contributed by atoms with Crippen LogP contribution in [0.15, 0.2) is 364 Å². The quantitative estimate of drug-likeness (QED) is 0.0363. The minimum absolute atomic E-state index is 0.00000305. The Morgan fingerprint density at radius 2 is 0.341 bits per heavy atom. The molecule has 0 saturated carbocycles. The summed E-state index contributed by atoms with van der Waals surface area (Å²) in [6.45, 7) is 0.934. The maximum absolute atomic E-state index is 13.8. The highest BCUT2D eigenvalue weighted by Crippen LogP contribution is 2.42. The molecule has 4 saturated heterocycles. The van der Waals surface area contributed by atoms with Gasteiger partial charge in [-0.05, 0) is 66.8 Å². The first-order chi connectivity index (χ1) is 63.8. The lowest BCUT2D eigenvalue weighted by Crippen LogP contribution is -2.69. The summed E-state index contributed by atoms with van der Waals surface area (Å²) in [6, 6.07) is 118. The maximum atomic E-state index is 13.8. The second-order valence-corrected chi connectivity index (χ2v) is 32.6. The summed E-state index contributed by atoms with van der Waals surface area (Å²) >= 11 is 0. The third kappa shape index (κ3) is 27.0. The van der Waals surface area contributed by atoms with Gasteiger partial charge < -0.3 is 100 Å². The number of hydrogen-bond acceptors (Lipinski definition) is 21. The lowest BCUT2D eigenvalue weighted by Gasteiger charge is -2.52. The van der Waals surface area contributed by atoms with Crippen molar-refractivity contribution in [3.8, 4) is 0 Å². The van der Waals surface area contributed by atoms with Gasteiger partial charge in [0.1, 0.15) is 97.7 Å². The van der Waals surface area contributed by atoms with Crippen molar-refractivity contribution in [1.29, 1.82) is 0 Å². The van der Waals surface area contributed by atoms with Crippen molar-refractivity contribution >= 4 is 0 Å². The standard InChI is InChI=1S/C108H114O21/c109-93-98(119-69-85-53-29-9-30-54-85)94(115-65-81-45-21-5-22-46-81)90(74-112-62-78-39-15-2-16-40-78)124-106(93)128-103-100(121-71-87-57-33-11-34-58-87)96(117-67-83-49-25-7-26-50-83)92(76-114-64-80-43-19-4-20-44-80)126-108(103)129-104-101(122-72-88-59-35-12-36-60-88)97(118-68-84-51-27-8-28-52-84)91(75-113-63-79-41-17-3-18-42-79)125-107(104)127-102-99(120-70-86-55-31-10-32-56-86)95(116-66-82-47-23-6-24-48-82)89(123-105(102)110)73-111-61-77-37-13-1-14-38-77/h1-60,89-110H,61-76H2/t89-,90-,91-,92-,93+,94-,95-,96-,97-,98-,99+,100+,101+,102+,103+,104+,105-,106-,107-,108-/m1/s1. The van der Waals surface area contributed by atoms with Gasteiger partial charge in [-0.3, -0.25) is 0 Å². The molecule has 672 valence electrons. The molecule has 21 heteroatoms. The van der Waals surface area contributed by atoms with E-state index in [4.69, 9.17) is 90.0 Å². The van der Waals surface area contributed by atoms with E-state index >= 15 is 0 Å². The first-order valence-electron chi connectivity index (χ1n) is 44.5. The van der Waals surface area contributed by atoms with E-state index < -0.39 is 123 Å². The van der Waals surface area contributed by atoms with Crippen LogP contribution in [0.25, 0.3) is 0 Å². The second-order valence-electron chi connectivity index (χ2n) is 32.6.